The van der Waals surface area contributed by atoms with Gasteiger partial charge in [-0.25, -0.2) is 12.8 Å². The Balaban J connectivity index is 1.28. The van der Waals surface area contributed by atoms with E-state index in [4.69, 9.17) is 0 Å². The van der Waals surface area contributed by atoms with Crippen molar-refractivity contribution in [1.82, 2.24) is 19.7 Å². The lowest BCUT2D eigenvalue weighted by molar-refractivity contribution is 0.289. The molecule has 6 nitrogen and oxygen atoms in total. The van der Waals surface area contributed by atoms with Crippen LogP contribution in [0, 0.1) is 5.82 Å². The third-order valence-electron chi connectivity index (χ3n) is 5.79. The summed E-state index contributed by atoms with van der Waals surface area (Å²) in [6.45, 7) is 2.90. The van der Waals surface area contributed by atoms with Crippen LogP contribution in [-0.2, 0) is 29.7 Å². The molecule has 0 bridgehead atoms. The second kappa shape index (κ2) is 9.72. The maximum absolute atomic E-state index is 13.2. The first-order valence-electron chi connectivity index (χ1n) is 10.6. The molecule has 170 valence electrons. The summed E-state index contributed by atoms with van der Waals surface area (Å²) in [5.41, 5.74) is 3.25. The van der Waals surface area contributed by atoms with Gasteiger partial charge in [-0.05, 0) is 73.3 Å². The Morgan fingerprint density at radius 2 is 1.75 bits per heavy atom. The Labute approximate surface area is 192 Å². The van der Waals surface area contributed by atoms with E-state index in [1.165, 1.54) is 24.0 Å². The number of hydrogen-bond acceptors (Lipinski definition) is 6. The summed E-state index contributed by atoms with van der Waals surface area (Å²) >= 11 is 1.67. The van der Waals surface area contributed by atoms with Crippen LogP contribution in [-0.4, -0.2) is 59.7 Å². The highest BCUT2D eigenvalue weighted by Gasteiger charge is 2.17. The predicted octanol–water partition coefficient (Wildman–Crippen LogP) is 3.61. The molecule has 0 amide bonds. The van der Waals surface area contributed by atoms with Crippen molar-refractivity contribution >= 4 is 21.6 Å². The van der Waals surface area contributed by atoms with Gasteiger partial charge in [-0.15, -0.1) is 10.2 Å². The number of rotatable bonds is 7. The Morgan fingerprint density at radius 1 is 1.03 bits per heavy atom. The first kappa shape index (κ1) is 22.9. The Bertz CT molecular complexity index is 1190. The third-order valence-corrected chi connectivity index (χ3v) is 8.00. The fraction of sp³-hybridized carbons (Fsp3) is 0.391. The molecule has 0 aliphatic carbocycles. The molecule has 0 fully saturated rings. The highest BCUT2D eigenvalue weighted by atomic mass is 32.2. The number of sulfone groups is 1. The van der Waals surface area contributed by atoms with Crippen LogP contribution in [0.1, 0.15) is 17.5 Å². The summed E-state index contributed by atoms with van der Waals surface area (Å²) in [6, 6.07) is 11.8. The van der Waals surface area contributed by atoms with Crippen LogP contribution >= 0.6 is 11.8 Å². The van der Waals surface area contributed by atoms with E-state index in [9.17, 15) is 12.8 Å². The molecule has 2 heterocycles. The van der Waals surface area contributed by atoms with Crippen molar-refractivity contribution in [3.05, 3.63) is 59.4 Å². The molecule has 0 saturated heterocycles. The van der Waals surface area contributed by atoms with Crippen LogP contribution in [0.5, 0.6) is 0 Å². The molecule has 1 aliphatic rings. The van der Waals surface area contributed by atoms with Crippen LogP contribution in [0.15, 0.2) is 52.5 Å². The molecule has 9 heteroatoms. The van der Waals surface area contributed by atoms with Crippen LogP contribution in [0.2, 0.25) is 0 Å². The highest BCUT2D eigenvalue weighted by Crippen LogP contribution is 2.24. The Hall–Kier alpha value is -2.23. The van der Waals surface area contributed by atoms with Crippen molar-refractivity contribution in [3.8, 4) is 11.4 Å². The van der Waals surface area contributed by atoms with E-state index in [2.05, 4.69) is 15.1 Å². The summed E-state index contributed by atoms with van der Waals surface area (Å²) in [7, 11) is -1.24. The molecule has 0 radical (unpaired) electrons. The van der Waals surface area contributed by atoms with Gasteiger partial charge in [0.15, 0.2) is 20.8 Å². The molecule has 0 unspecified atom stereocenters. The molecule has 1 aromatic heterocycles. The fourth-order valence-electron chi connectivity index (χ4n) is 3.94. The van der Waals surface area contributed by atoms with E-state index in [-0.39, 0.29) is 5.82 Å². The molecule has 0 N–H and O–H groups in total. The maximum Gasteiger partial charge on any atom is 0.191 e. The zero-order valence-electron chi connectivity index (χ0n) is 18.3. The number of fused-ring (bicyclic) bond motifs is 1. The molecular formula is C23H27FN4O2S2. The molecule has 0 atom stereocenters. The summed E-state index contributed by atoms with van der Waals surface area (Å²) in [6.07, 6.45) is 4.09. The van der Waals surface area contributed by atoms with Crippen molar-refractivity contribution in [2.75, 3.05) is 31.6 Å². The van der Waals surface area contributed by atoms with Gasteiger partial charge in [-0.1, -0.05) is 17.8 Å². The monoisotopic (exact) mass is 474 g/mol. The lowest BCUT2D eigenvalue weighted by Crippen LogP contribution is -2.27. The minimum absolute atomic E-state index is 0.266. The first-order chi connectivity index (χ1) is 15.3. The van der Waals surface area contributed by atoms with E-state index < -0.39 is 9.84 Å². The SMILES string of the molecule is Cn1c(SCCCN2CCc3ccc(S(C)(=O)=O)cc3CC2)nnc1-c1ccc(F)cc1. The molecule has 2 aromatic carbocycles. The number of halogens is 1. The van der Waals surface area contributed by atoms with Gasteiger partial charge in [0, 0.05) is 37.7 Å². The van der Waals surface area contributed by atoms with E-state index in [1.807, 2.05) is 23.7 Å². The molecular weight excluding hydrogens is 447 g/mol. The highest BCUT2D eigenvalue weighted by molar-refractivity contribution is 7.99. The molecule has 0 spiro atoms. The van der Waals surface area contributed by atoms with Crippen LogP contribution in [0.3, 0.4) is 0 Å². The average Bonchev–Trinajstić information content (AvgIpc) is 3.00. The lowest BCUT2D eigenvalue weighted by Gasteiger charge is -2.19. The topological polar surface area (TPSA) is 68.1 Å². The van der Waals surface area contributed by atoms with Gasteiger partial charge >= 0.3 is 0 Å². The van der Waals surface area contributed by atoms with Crippen LogP contribution in [0.25, 0.3) is 11.4 Å². The number of thioether (sulfide) groups is 1. The zero-order chi connectivity index (χ0) is 22.7. The van der Waals surface area contributed by atoms with Crippen LogP contribution in [0.4, 0.5) is 4.39 Å². The Kier molecular flexibility index (Phi) is 6.97. The second-order valence-corrected chi connectivity index (χ2v) is 11.2. The van der Waals surface area contributed by atoms with Gasteiger partial charge < -0.3 is 9.47 Å². The van der Waals surface area contributed by atoms with E-state index in [1.54, 1.807) is 30.0 Å². The zero-order valence-corrected chi connectivity index (χ0v) is 19.9. The molecule has 1 aliphatic heterocycles. The summed E-state index contributed by atoms with van der Waals surface area (Å²) in [5, 5.41) is 9.40. The minimum Gasteiger partial charge on any atom is -0.305 e. The molecule has 3 aromatic rings. The van der Waals surface area contributed by atoms with Crippen molar-refractivity contribution in [2.24, 2.45) is 7.05 Å². The van der Waals surface area contributed by atoms with Gasteiger partial charge in [0.05, 0.1) is 4.90 Å². The van der Waals surface area contributed by atoms with Crippen molar-refractivity contribution in [1.29, 1.82) is 0 Å². The summed E-state index contributed by atoms with van der Waals surface area (Å²) in [5.74, 6) is 1.39. The largest absolute Gasteiger partial charge is 0.305 e. The molecule has 4 rings (SSSR count). The number of hydrogen-bond donors (Lipinski definition) is 0. The standard InChI is InChI=1S/C23H27FN4O2S2/c1-27-22(18-4-7-20(24)8-5-18)25-26-23(27)31-15-3-12-28-13-10-17-6-9-21(32(2,29)30)16-19(17)11-14-28/h4-9,16H,3,10-15H2,1-2H3. The summed E-state index contributed by atoms with van der Waals surface area (Å²) < 4.78 is 38.8. The van der Waals surface area contributed by atoms with E-state index >= 15 is 0 Å². The molecule has 0 saturated carbocycles. The van der Waals surface area contributed by atoms with Gasteiger partial charge in [-0.3, -0.25) is 0 Å². The first-order valence-corrected chi connectivity index (χ1v) is 13.5. The van der Waals surface area contributed by atoms with Crippen molar-refractivity contribution in [2.45, 2.75) is 29.3 Å². The summed E-state index contributed by atoms with van der Waals surface area (Å²) in [4.78, 5) is 2.85. The maximum atomic E-state index is 13.2. The Morgan fingerprint density at radius 3 is 2.47 bits per heavy atom. The van der Waals surface area contributed by atoms with Crippen LogP contribution < -0.4 is 0 Å². The predicted molar refractivity (Wildman–Crippen MR) is 125 cm³/mol. The van der Waals surface area contributed by atoms with Crippen molar-refractivity contribution in [3.63, 3.8) is 0 Å². The third kappa shape index (κ3) is 5.39. The second-order valence-electron chi connectivity index (χ2n) is 8.12. The quantitative estimate of drug-likeness (QED) is 0.385. The smallest absolute Gasteiger partial charge is 0.191 e. The minimum atomic E-state index is -3.17. The number of aromatic nitrogens is 3. The average molecular weight is 475 g/mol. The van der Waals surface area contributed by atoms with Gasteiger partial charge in [0.25, 0.3) is 0 Å². The van der Waals surface area contributed by atoms with E-state index in [0.717, 1.165) is 66.8 Å². The van der Waals surface area contributed by atoms with Gasteiger partial charge in [0.2, 0.25) is 0 Å². The normalized spacial score (nSPS) is 14.8. The van der Waals surface area contributed by atoms with Crippen molar-refractivity contribution < 1.29 is 12.8 Å². The number of benzene rings is 2. The van der Waals surface area contributed by atoms with E-state index in [0.29, 0.717) is 4.90 Å². The number of nitrogens with zero attached hydrogens (tertiary/aromatic N) is 4. The van der Waals surface area contributed by atoms with Gasteiger partial charge in [-0.2, -0.15) is 0 Å². The fourth-order valence-corrected chi connectivity index (χ4v) is 5.45. The molecule has 32 heavy (non-hydrogen) atoms. The lowest BCUT2D eigenvalue weighted by atomic mass is 10.0. The van der Waals surface area contributed by atoms with Gasteiger partial charge in [0.1, 0.15) is 5.82 Å².